The van der Waals surface area contributed by atoms with Crippen LogP contribution in [0.2, 0.25) is 0 Å². The van der Waals surface area contributed by atoms with Crippen molar-refractivity contribution >= 4 is 11.8 Å². The fourth-order valence-corrected chi connectivity index (χ4v) is 2.43. The average Bonchev–Trinajstić information content (AvgIpc) is 2.55. The van der Waals surface area contributed by atoms with Crippen LogP contribution < -0.4 is 10.6 Å². The molecule has 3 heteroatoms. The zero-order chi connectivity index (χ0) is 17.2. The number of nitrogens with one attached hydrogen (secondary N) is 2. The Morgan fingerprint density at radius 3 is 2.57 bits per heavy atom. The van der Waals surface area contributed by atoms with E-state index in [2.05, 4.69) is 92.9 Å². The summed E-state index contributed by atoms with van der Waals surface area (Å²) in [4.78, 5) is 2.17. The lowest BCUT2D eigenvalue weighted by molar-refractivity contribution is 0.651. The molecule has 0 unspecified atom stereocenters. The van der Waals surface area contributed by atoms with Gasteiger partial charge in [-0.2, -0.15) is 0 Å². The van der Waals surface area contributed by atoms with E-state index < -0.39 is 0 Å². The predicted molar refractivity (Wildman–Crippen MR) is 103 cm³/mol. The maximum Gasteiger partial charge on any atom is 0.0989 e. The Bertz CT molecular complexity index is 583. The van der Waals surface area contributed by atoms with Crippen molar-refractivity contribution in [2.45, 2.75) is 34.1 Å². The quantitative estimate of drug-likeness (QED) is 0.747. The number of hydrogen-bond donors (Lipinski definition) is 2. The minimum absolute atomic E-state index is 0.899. The van der Waals surface area contributed by atoms with Crippen LogP contribution in [0.25, 0.3) is 11.8 Å². The van der Waals surface area contributed by atoms with E-state index in [0.29, 0.717) is 0 Å². The molecule has 0 aliphatic heterocycles. The van der Waals surface area contributed by atoms with Crippen LogP contribution in [0.5, 0.6) is 0 Å². The predicted octanol–water partition coefficient (Wildman–Crippen LogP) is 4.34. The summed E-state index contributed by atoms with van der Waals surface area (Å²) < 4.78 is 0. The molecule has 0 spiro atoms. The molecule has 23 heavy (non-hydrogen) atoms. The van der Waals surface area contributed by atoms with Crippen molar-refractivity contribution in [3.05, 3.63) is 59.1 Å². The van der Waals surface area contributed by atoms with Crippen molar-refractivity contribution in [3.63, 3.8) is 0 Å². The number of aryl methyl sites for hydroxylation is 1. The Kier molecular flexibility index (Phi) is 8.03. The van der Waals surface area contributed by atoms with Crippen LogP contribution in [0.1, 0.15) is 43.9 Å². The van der Waals surface area contributed by atoms with E-state index in [4.69, 9.17) is 0 Å². The zero-order valence-electron chi connectivity index (χ0n) is 15.4. The monoisotopic (exact) mass is 313 g/mol. The molecular formula is C20H31N3. The molecule has 0 radical (unpaired) electrons. The van der Waals surface area contributed by atoms with Gasteiger partial charge < -0.3 is 15.5 Å². The first-order chi connectivity index (χ1) is 11.1. The molecule has 0 bridgehead atoms. The SMILES string of the molecule is C/C=C(/c1ccc(C)c(/C=C(/NC)NCC)c1)N(C)/C=C/CC. The third-order valence-electron chi connectivity index (χ3n) is 3.73. The first-order valence-electron chi connectivity index (χ1n) is 8.37. The Balaban J connectivity index is 3.20. The molecule has 0 aliphatic carbocycles. The highest BCUT2D eigenvalue weighted by atomic mass is 15.1. The largest absolute Gasteiger partial charge is 0.375 e. The molecule has 3 nitrogen and oxygen atoms in total. The number of allylic oxidation sites excluding steroid dienone is 2. The summed E-state index contributed by atoms with van der Waals surface area (Å²) in [5.74, 6) is 1.04. The fraction of sp³-hybridized carbons (Fsp3) is 0.400. The molecule has 0 saturated heterocycles. The second kappa shape index (κ2) is 9.78. The normalized spacial score (nSPS) is 12.6. The van der Waals surface area contributed by atoms with Gasteiger partial charge in [0.1, 0.15) is 0 Å². The second-order valence-corrected chi connectivity index (χ2v) is 5.49. The van der Waals surface area contributed by atoms with E-state index in [1.165, 1.54) is 22.4 Å². The lowest BCUT2D eigenvalue weighted by Crippen LogP contribution is -2.22. The fourth-order valence-electron chi connectivity index (χ4n) is 2.43. The van der Waals surface area contributed by atoms with Crippen LogP contribution in [0.4, 0.5) is 0 Å². The Morgan fingerprint density at radius 1 is 1.26 bits per heavy atom. The molecule has 1 rings (SSSR count). The molecule has 0 heterocycles. The molecular weight excluding hydrogens is 282 g/mol. The van der Waals surface area contributed by atoms with Crippen molar-refractivity contribution in [2.24, 2.45) is 0 Å². The summed E-state index contributed by atoms with van der Waals surface area (Å²) in [6.07, 6.45) is 9.65. The standard InChI is InChI=1S/C20H31N3/c1-7-10-13-23(6)19(8-2)17-12-11-16(4)18(14-17)15-20(21-5)22-9-3/h8,10-15,21-22H,7,9H2,1-6H3/b13-10+,19-8-,20-15-. The Morgan fingerprint density at radius 2 is 2.00 bits per heavy atom. The molecule has 0 saturated carbocycles. The lowest BCUT2D eigenvalue weighted by Gasteiger charge is -2.20. The number of nitrogens with zero attached hydrogens (tertiary/aromatic N) is 1. The van der Waals surface area contributed by atoms with Crippen molar-refractivity contribution in [1.82, 2.24) is 15.5 Å². The summed E-state index contributed by atoms with van der Waals surface area (Å²) in [7, 11) is 4.03. The topological polar surface area (TPSA) is 27.3 Å². The minimum atomic E-state index is 0.899. The van der Waals surface area contributed by atoms with Gasteiger partial charge in [-0.05, 0) is 62.2 Å². The van der Waals surface area contributed by atoms with Crippen LogP contribution >= 0.6 is 0 Å². The minimum Gasteiger partial charge on any atom is -0.375 e. The molecule has 0 aromatic heterocycles. The van der Waals surface area contributed by atoms with Crippen LogP contribution in [-0.4, -0.2) is 25.5 Å². The van der Waals surface area contributed by atoms with E-state index in [0.717, 1.165) is 18.8 Å². The van der Waals surface area contributed by atoms with E-state index in [9.17, 15) is 0 Å². The summed E-state index contributed by atoms with van der Waals surface area (Å²) >= 11 is 0. The first-order valence-corrected chi connectivity index (χ1v) is 8.37. The molecule has 1 aromatic carbocycles. The number of benzene rings is 1. The Hall–Kier alpha value is -2.16. The van der Waals surface area contributed by atoms with Crippen LogP contribution in [0.3, 0.4) is 0 Å². The van der Waals surface area contributed by atoms with E-state index in [1.54, 1.807) is 0 Å². The molecule has 2 N–H and O–H groups in total. The van der Waals surface area contributed by atoms with E-state index >= 15 is 0 Å². The number of hydrogen-bond acceptors (Lipinski definition) is 3. The number of rotatable bonds is 8. The van der Waals surface area contributed by atoms with Gasteiger partial charge in [-0.25, -0.2) is 0 Å². The Labute approximate surface area is 141 Å². The molecule has 0 fully saturated rings. The van der Waals surface area contributed by atoms with Crippen LogP contribution in [0, 0.1) is 6.92 Å². The van der Waals surface area contributed by atoms with Gasteiger partial charge in [0.15, 0.2) is 0 Å². The van der Waals surface area contributed by atoms with Gasteiger partial charge in [0, 0.05) is 26.3 Å². The van der Waals surface area contributed by atoms with Gasteiger partial charge in [0.2, 0.25) is 0 Å². The molecule has 0 aliphatic rings. The van der Waals surface area contributed by atoms with Crippen molar-refractivity contribution in [2.75, 3.05) is 20.6 Å². The van der Waals surface area contributed by atoms with Gasteiger partial charge in [-0.3, -0.25) is 0 Å². The molecule has 1 aromatic rings. The van der Waals surface area contributed by atoms with Crippen molar-refractivity contribution in [3.8, 4) is 0 Å². The highest BCUT2D eigenvalue weighted by molar-refractivity contribution is 5.69. The summed E-state index contributed by atoms with van der Waals surface area (Å²) in [5, 5.41) is 6.54. The first kappa shape index (κ1) is 18.9. The van der Waals surface area contributed by atoms with Gasteiger partial charge >= 0.3 is 0 Å². The molecule has 126 valence electrons. The third-order valence-corrected chi connectivity index (χ3v) is 3.73. The van der Waals surface area contributed by atoms with Gasteiger partial charge in [-0.15, -0.1) is 0 Å². The molecule has 0 amide bonds. The van der Waals surface area contributed by atoms with Gasteiger partial charge in [-0.1, -0.05) is 31.2 Å². The van der Waals surface area contributed by atoms with Crippen molar-refractivity contribution < 1.29 is 0 Å². The van der Waals surface area contributed by atoms with Gasteiger partial charge in [0.25, 0.3) is 0 Å². The van der Waals surface area contributed by atoms with E-state index in [-0.39, 0.29) is 0 Å². The van der Waals surface area contributed by atoms with E-state index in [1.807, 2.05) is 7.05 Å². The van der Waals surface area contributed by atoms with Crippen molar-refractivity contribution in [1.29, 1.82) is 0 Å². The summed E-state index contributed by atoms with van der Waals surface area (Å²) in [6.45, 7) is 9.37. The summed E-state index contributed by atoms with van der Waals surface area (Å²) in [6, 6.07) is 6.61. The van der Waals surface area contributed by atoms with Crippen LogP contribution in [0.15, 0.2) is 42.4 Å². The maximum absolute atomic E-state index is 3.34. The lowest BCUT2D eigenvalue weighted by atomic mass is 10.0. The van der Waals surface area contributed by atoms with Gasteiger partial charge in [0.05, 0.1) is 5.82 Å². The van der Waals surface area contributed by atoms with Crippen LogP contribution in [-0.2, 0) is 0 Å². The highest BCUT2D eigenvalue weighted by Crippen LogP contribution is 2.22. The average molecular weight is 313 g/mol. The second-order valence-electron chi connectivity index (χ2n) is 5.49. The highest BCUT2D eigenvalue weighted by Gasteiger charge is 2.07. The third kappa shape index (κ3) is 5.51. The smallest absolute Gasteiger partial charge is 0.0989 e. The summed E-state index contributed by atoms with van der Waals surface area (Å²) in [5.41, 5.74) is 4.92. The molecule has 0 atom stereocenters. The zero-order valence-corrected chi connectivity index (χ0v) is 15.4. The maximum atomic E-state index is 3.34.